The number of benzene rings is 1. The molecule has 1 aromatic carbocycles. The van der Waals surface area contributed by atoms with E-state index >= 15 is 0 Å². The molecule has 1 heterocycles. The van der Waals surface area contributed by atoms with Crippen LogP contribution in [0.4, 0.5) is 0 Å². The van der Waals surface area contributed by atoms with Crippen LogP contribution in [0.3, 0.4) is 0 Å². The Morgan fingerprint density at radius 1 is 1.28 bits per heavy atom. The van der Waals surface area contributed by atoms with E-state index in [1.165, 1.54) is 12.1 Å². The molecule has 1 aromatic rings. The number of amides is 1. The molecule has 0 unspecified atom stereocenters. The van der Waals surface area contributed by atoms with Gasteiger partial charge < -0.3 is 11.5 Å². The van der Waals surface area contributed by atoms with Gasteiger partial charge in [-0.05, 0) is 17.7 Å². The average molecular weight is 265 g/mol. The summed E-state index contributed by atoms with van der Waals surface area (Å²) >= 11 is 0. The highest BCUT2D eigenvalue weighted by Gasteiger charge is 2.21. The molecule has 4 N–H and O–H groups in total. The zero-order valence-electron chi connectivity index (χ0n) is 9.33. The molecule has 0 aromatic heterocycles. The van der Waals surface area contributed by atoms with Crippen molar-refractivity contribution in [1.29, 1.82) is 0 Å². The maximum Gasteiger partial charge on any atom is 0.280 e. The third kappa shape index (κ3) is 2.25. The Morgan fingerprint density at radius 3 is 2.67 bits per heavy atom. The first-order valence-electron chi connectivity index (χ1n) is 5.07. The Labute approximate surface area is 104 Å². The predicted octanol–water partition coefficient (Wildman–Crippen LogP) is -0.0993. The fraction of sp³-hybridized carbons (Fsp3) is 0.0909. The van der Waals surface area contributed by atoms with Crippen LogP contribution in [0.5, 0.6) is 0 Å². The van der Waals surface area contributed by atoms with Crippen molar-refractivity contribution in [2.45, 2.75) is 4.90 Å². The minimum absolute atomic E-state index is 0.0695. The molecule has 0 bridgehead atoms. The molecular weight excluding hydrogens is 254 g/mol. The molecule has 0 aliphatic carbocycles. The van der Waals surface area contributed by atoms with Gasteiger partial charge in [0.15, 0.2) is 15.8 Å². The highest BCUT2D eigenvalue weighted by molar-refractivity contribution is 7.91. The standard InChI is InChI=1S/C11H11N3O3S/c12-11(13)14-10(15)8-4-3-7-2-1-5-18(16,17)9(7)6-8/h1-4,6H,5H2,(H4,12,13,14,15). The van der Waals surface area contributed by atoms with Gasteiger partial charge in [-0.25, -0.2) is 8.42 Å². The fourth-order valence-electron chi connectivity index (χ4n) is 1.65. The maximum absolute atomic E-state index is 11.8. The first kappa shape index (κ1) is 12.3. The molecule has 0 radical (unpaired) electrons. The van der Waals surface area contributed by atoms with E-state index in [1.807, 2.05) is 0 Å². The summed E-state index contributed by atoms with van der Waals surface area (Å²) in [5.41, 5.74) is 10.9. The summed E-state index contributed by atoms with van der Waals surface area (Å²) in [5.74, 6) is -1.09. The number of sulfone groups is 1. The molecule has 2 rings (SSSR count). The summed E-state index contributed by atoms with van der Waals surface area (Å²) in [4.78, 5) is 15.1. The molecule has 0 saturated heterocycles. The molecule has 18 heavy (non-hydrogen) atoms. The zero-order valence-corrected chi connectivity index (χ0v) is 10.1. The number of guanidine groups is 1. The normalized spacial score (nSPS) is 15.8. The largest absolute Gasteiger partial charge is 0.370 e. The number of nitrogens with zero attached hydrogens (tertiary/aromatic N) is 1. The van der Waals surface area contributed by atoms with Crippen molar-refractivity contribution in [3.63, 3.8) is 0 Å². The van der Waals surface area contributed by atoms with Crippen LogP contribution in [-0.2, 0) is 9.84 Å². The molecular formula is C11H11N3O3S. The summed E-state index contributed by atoms with van der Waals surface area (Å²) in [6, 6.07) is 4.33. The second-order valence-electron chi connectivity index (χ2n) is 3.78. The van der Waals surface area contributed by atoms with Gasteiger partial charge in [-0.2, -0.15) is 4.99 Å². The third-order valence-electron chi connectivity index (χ3n) is 2.44. The van der Waals surface area contributed by atoms with Gasteiger partial charge in [0.1, 0.15) is 0 Å². The minimum Gasteiger partial charge on any atom is -0.370 e. The van der Waals surface area contributed by atoms with E-state index in [0.717, 1.165) is 0 Å². The molecule has 1 aliphatic heterocycles. The molecule has 94 valence electrons. The van der Waals surface area contributed by atoms with E-state index in [-0.39, 0.29) is 22.2 Å². The molecule has 0 spiro atoms. The van der Waals surface area contributed by atoms with Gasteiger partial charge in [0, 0.05) is 5.56 Å². The van der Waals surface area contributed by atoms with Crippen molar-refractivity contribution in [2.75, 3.05) is 5.75 Å². The monoisotopic (exact) mass is 265 g/mol. The van der Waals surface area contributed by atoms with Crippen molar-refractivity contribution in [2.24, 2.45) is 16.5 Å². The molecule has 1 amide bonds. The Balaban J connectivity index is 2.54. The van der Waals surface area contributed by atoms with Gasteiger partial charge in [-0.3, -0.25) is 4.79 Å². The molecule has 7 heteroatoms. The van der Waals surface area contributed by atoms with Gasteiger partial charge >= 0.3 is 0 Å². The second-order valence-corrected chi connectivity index (χ2v) is 5.78. The van der Waals surface area contributed by atoms with Gasteiger partial charge in [-0.1, -0.05) is 18.2 Å². The fourth-order valence-corrected chi connectivity index (χ4v) is 2.98. The summed E-state index contributed by atoms with van der Waals surface area (Å²) in [5, 5.41) is 0. The third-order valence-corrected chi connectivity index (χ3v) is 4.09. The molecule has 1 aliphatic rings. The lowest BCUT2D eigenvalue weighted by Gasteiger charge is -2.11. The number of fused-ring (bicyclic) bond motifs is 1. The second kappa shape index (κ2) is 4.26. The number of hydrogen-bond acceptors (Lipinski definition) is 3. The van der Waals surface area contributed by atoms with Crippen LogP contribution < -0.4 is 11.5 Å². The molecule has 0 atom stereocenters. The van der Waals surface area contributed by atoms with Crippen LogP contribution in [-0.4, -0.2) is 26.0 Å². The Kier molecular flexibility index (Phi) is 2.92. The van der Waals surface area contributed by atoms with Crippen molar-refractivity contribution < 1.29 is 13.2 Å². The SMILES string of the molecule is NC(N)=NC(=O)c1ccc2c(c1)S(=O)(=O)CC=C2. The number of carbonyl (C=O) groups is 1. The Bertz CT molecular complexity index is 671. The van der Waals surface area contributed by atoms with Gasteiger partial charge in [-0.15, -0.1) is 0 Å². The number of carbonyl (C=O) groups excluding carboxylic acids is 1. The Morgan fingerprint density at radius 2 is 2.00 bits per heavy atom. The average Bonchev–Trinajstić information content (AvgIpc) is 2.27. The van der Waals surface area contributed by atoms with Gasteiger partial charge in [0.2, 0.25) is 0 Å². The highest BCUT2D eigenvalue weighted by atomic mass is 32.2. The van der Waals surface area contributed by atoms with E-state index in [4.69, 9.17) is 11.5 Å². The van der Waals surface area contributed by atoms with E-state index in [0.29, 0.717) is 5.56 Å². The highest BCUT2D eigenvalue weighted by Crippen LogP contribution is 2.24. The lowest BCUT2D eigenvalue weighted by molar-refractivity contribution is 0.100. The topological polar surface area (TPSA) is 116 Å². The summed E-state index contributed by atoms with van der Waals surface area (Å²) in [7, 11) is -3.38. The summed E-state index contributed by atoms with van der Waals surface area (Å²) in [6.07, 6.45) is 3.26. The van der Waals surface area contributed by atoms with Gasteiger partial charge in [0.25, 0.3) is 5.91 Å². The quantitative estimate of drug-likeness (QED) is 0.543. The lowest BCUT2D eigenvalue weighted by Crippen LogP contribution is -2.24. The zero-order chi connectivity index (χ0) is 13.3. The van der Waals surface area contributed by atoms with E-state index in [1.54, 1.807) is 18.2 Å². The van der Waals surface area contributed by atoms with Crippen LogP contribution in [0, 0.1) is 0 Å². The van der Waals surface area contributed by atoms with Crippen LogP contribution in [0.2, 0.25) is 0 Å². The molecule has 6 nitrogen and oxygen atoms in total. The Hall–Kier alpha value is -2.15. The first-order chi connectivity index (χ1) is 8.40. The minimum atomic E-state index is -3.38. The van der Waals surface area contributed by atoms with Crippen molar-refractivity contribution in [1.82, 2.24) is 0 Å². The smallest absolute Gasteiger partial charge is 0.280 e. The van der Waals surface area contributed by atoms with E-state index in [9.17, 15) is 13.2 Å². The van der Waals surface area contributed by atoms with Crippen LogP contribution >= 0.6 is 0 Å². The summed E-state index contributed by atoms with van der Waals surface area (Å²) < 4.78 is 23.6. The van der Waals surface area contributed by atoms with Crippen LogP contribution in [0.1, 0.15) is 15.9 Å². The number of hydrogen-bond donors (Lipinski definition) is 2. The first-order valence-corrected chi connectivity index (χ1v) is 6.73. The van der Waals surface area contributed by atoms with Crippen molar-refractivity contribution in [3.05, 3.63) is 35.4 Å². The maximum atomic E-state index is 11.8. The molecule has 0 saturated carbocycles. The predicted molar refractivity (Wildman–Crippen MR) is 67.7 cm³/mol. The van der Waals surface area contributed by atoms with Crippen LogP contribution in [0.15, 0.2) is 34.2 Å². The van der Waals surface area contributed by atoms with E-state index < -0.39 is 15.7 Å². The summed E-state index contributed by atoms with van der Waals surface area (Å²) in [6.45, 7) is 0. The van der Waals surface area contributed by atoms with Crippen LogP contribution in [0.25, 0.3) is 6.08 Å². The van der Waals surface area contributed by atoms with Crippen molar-refractivity contribution in [3.8, 4) is 0 Å². The number of nitrogens with two attached hydrogens (primary N) is 2. The van der Waals surface area contributed by atoms with Crippen molar-refractivity contribution >= 4 is 27.8 Å². The van der Waals surface area contributed by atoms with E-state index in [2.05, 4.69) is 4.99 Å². The lowest BCUT2D eigenvalue weighted by atomic mass is 10.1. The van der Waals surface area contributed by atoms with Gasteiger partial charge in [0.05, 0.1) is 10.6 Å². The number of aliphatic imine (C=N–C) groups is 1. The molecule has 0 fully saturated rings. The number of rotatable bonds is 1.